The van der Waals surface area contributed by atoms with Crippen LogP contribution in [0.1, 0.15) is 19.8 Å². The Morgan fingerprint density at radius 1 is 1.33 bits per heavy atom. The van der Waals surface area contributed by atoms with Crippen LogP contribution in [-0.2, 0) is 4.74 Å². The van der Waals surface area contributed by atoms with Crippen molar-refractivity contribution in [1.29, 1.82) is 5.26 Å². The molecule has 0 aromatic carbocycles. The fraction of sp³-hybridized carbons (Fsp3) is 0.700. The van der Waals surface area contributed by atoms with Crippen LogP contribution in [0.5, 0.6) is 0 Å². The average Bonchev–Trinajstić information content (AvgIpc) is 2.64. The molecule has 4 atom stereocenters. The molecule has 2 heterocycles. The molecule has 2 aliphatic rings. The zero-order chi connectivity index (χ0) is 8.55. The van der Waals surface area contributed by atoms with Gasteiger partial charge in [-0.25, -0.2) is 0 Å². The van der Waals surface area contributed by atoms with Gasteiger partial charge in [-0.1, -0.05) is 25.5 Å². The van der Waals surface area contributed by atoms with Crippen molar-refractivity contribution in [2.75, 3.05) is 0 Å². The Hall–Kier alpha value is -0.810. The maximum atomic E-state index is 8.64. The summed E-state index contributed by atoms with van der Waals surface area (Å²) in [4.78, 5) is 0. The minimum atomic E-state index is 0.236. The number of rotatable bonds is 2. The summed E-state index contributed by atoms with van der Waals surface area (Å²) in [6.45, 7) is 2.17. The Morgan fingerprint density at radius 3 is 2.58 bits per heavy atom. The van der Waals surface area contributed by atoms with Gasteiger partial charge in [0.1, 0.15) is 0 Å². The minimum absolute atomic E-state index is 0.236. The Balaban J connectivity index is 2.13. The molecule has 2 bridgehead atoms. The van der Waals surface area contributed by atoms with E-state index in [4.69, 9.17) is 10.00 Å². The van der Waals surface area contributed by atoms with Gasteiger partial charge in [-0.3, -0.25) is 0 Å². The van der Waals surface area contributed by atoms with Gasteiger partial charge in [0.15, 0.2) is 0 Å². The van der Waals surface area contributed by atoms with Crippen LogP contribution in [0.15, 0.2) is 12.2 Å². The first-order chi connectivity index (χ1) is 5.86. The van der Waals surface area contributed by atoms with Gasteiger partial charge < -0.3 is 4.74 Å². The van der Waals surface area contributed by atoms with E-state index in [0.29, 0.717) is 24.4 Å². The fourth-order valence-electron chi connectivity index (χ4n) is 2.37. The molecule has 0 radical (unpaired) electrons. The Morgan fingerprint density at radius 2 is 2.00 bits per heavy atom. The monoisotopic (exact) mass is 163 g/mol. The molecule has 2 nitrogen and oxygen atoms in total. The molecule has 2 heteroatoms. The van der Waals surface area contributed by atoms with Crippen LogP contribution in [0.3, 0.4) is 0 Å². The Labute approximate surface area is 72.8 Å². The van der Waals surface area contributed by atoms with E-state index < -0.39 is 0 Å². The van der Waals surface area contributed by atoms with Crippen LogP contribution in [-0.4, -0.2) is 12.2 Å². The molecule has 2 aliphatic heterocycles. The SMILES string of the molecule is CCC1C2C=CC(O2)C1CC#N. The molecule has 0 aromatic rings. The van der Waals surface area contributed by atoms with Gasteiger partial charge in [-0.15, -0.1) is 0 Å². The van der Waals surface area contributed by atoms with Gasteiger partial charge in [-0.05, 0) is 5.92 Å². The molecule has 0 spiro atoms. The maximum Gasteiger partial charge on any atom is 0.0806 e. The van der Waals surface area contributed by atoms with E-state index in [9.17, 15) is 0 Å². The predicted octanol–water partition coefficient (Wildman–Crippen LogP) is 1.88. The van der Waals surface area contributed by atoms with E-state index in [0.717, 1.165) is 6.42 Å². The second kappa shape index (κ2) is 2.91. The van der Waals surface area contributed by atoms with Crippen molar-refractivity contribution < 1.29 is 4.74 Å². The fourth-order valence-corrected chi connectivity index (χ4v) is 2.37. The van der Waals surface area contributed by atoms with E-state index in [1.54, 1.807) is 0 Å². The van der Waals surface area contributed by atoms with Gasteiger partial charge in [0.2, 0.25) is 0 Å². The summed E-state index contributed by atoms with van der Waals surface area (Å²) in [7, 11) is 0. The van der Waals surface area contributed by atoms with Gasteiger partial charge in [-0.2, -0.15) is 5.26 Å². The topological polar surface area (TPSA) is 33.0 Å². The predicted molar refractivity (Wildman–Crippen MR) is 45.3 cm³/mol. The van der Waals surface area contributed by atoms with Crippen molar-refractivity contribution in [3.05, 3.63) is 12.2 Å². The molecular weight excluding hydrogens is 150 g/mol. The minimum Gasteiger partial charge on any atom is -0.366 e. The number of hydrogen-bond acceptors (Lipinski definition) is 2. The zero-order valence-electron chi connectivity index (χ0n) is 7.23. The van der Waals surface area contributed by atoms with Crippen LogP contribution in [0.4, 0.5) is 0 Å². The lowest BCUT2D eigenvalue weighted by atomic mass is 9.80. The number of nitriles is 1. The quantitative estimate of drug-likeness (QED) is 0.582. The second-order valence-corrected chi connectivity index (χ2v) is 3.55. The van der Waals surface area contributed by atoms with Crippen molar-refractivity contribution >= 4 is 0 Å². The molecule has 0 amide bonds. The Kier molecular flexibility index (Phi) is 1.90. The molecule has 4 unspecified atom stereocenters. The third kappa shape index (κ3) is 0.971. The average molecular weight is 163 g/mol. The molecule has 1 saturated heterocycles. The molecule has 1 fully saturated rings. The van der Waals surface area contributed by atoms with Crippen molar-refractivity contribution in [3.8, 4) is 6.07 Å². The first kappa shape index (κ1) is 7.82. The summed E-state index contributed by atoms with van der Waals surface area (Å²) in [5, 5.41) is 8.64. The maximum absolute atomic E-state index is 8.64. The van der Waals surface area contributed by atoms with Crippen LogP contribution in [0.2, 0.25) is 0 Å². The largest absolute Gasteiger partial charge is 0.366 e. The van der Waals surface area contributed by atoms with E-state index in [1.165, 1.54) is 0 Å². The van der Waals surface area contributed by atoms with Crippen LogP contribution >= 0.6 is 0 Å². The normalized spacial score (nSPS) is 43.3. The summed E-state index contributed by atoms with van der Waals surface area (Å²) in [6, 6.07) is 2.24. The molecule has 0 aromatic heterocycles. The molecule has 0 N–H and O–H groups in total. The highest BCUT2D eigenvalue weighted by Gasteiger charge is 2.44. The lowest BCUT2D eigenvalue weighted by Crippen LogP contribution is -2.22. The molecular formula is C10H13NO. The smallest absolute Gasteiger partial charge is 0.0806 e. The van der Waals surface area contributed by atoms with Crippen LogP contribution < -0.4 is 0 Å². The molecule has 12 heavy (non-hydrogen) atoms. The zero-order valence-corrected chi connectivity index (χ0v) is 7.23. The van der Waals surface area contributed by atoms with Crippen molar-refractivity contribution in [1.82, 2.24) is 0 Å². The Bertz CT molecular complexity index is 241. The number of nitrogens with zero attached hydrogens (tertiary/aromatic N) is 1. The molecule has 64 valence electrons. The number of ether oxygens (including phenoxy) is 1. The highest BCUT2D eigenvalue weighted by atomic mass is 16.5. The van der Waals surface area contributed by atoms with Crippen molar-refractivity contribution in [2.45, 2.75) is 32.0 Å². The first-order valence-electron chi connectivity index (χ1n) is 4.57. The summed E-state index contributed by atoms with van der Waals surface area (Å²) < 4.78 is 5.68. The van der Waals surface area contributed by atoms with Crippen LogP contribution in [0, 0.1) is 23.2 Å². The lowest BCUT2D eigenvalue weighted by molar-refractivity contribution is 0.103. The summed E-state index contributed by atoms with van der Waals surface area (Å²) in [5.41, 5.74) is 0. The lowest BCUT2D eigenvalue weighted by Gasteiger charge is -2.20. The standard InChI is InChI=1S/C10H13NO/c1-2-7-8(5-6-11)10-4-3-9(7)12-10/h3-4,7-10H,2,5H2,1H3. The van der Waals surface area contributed by atoms with Crippen molar-refractivity contribution in [3.63, 3.8) is 0 Å². The number of fused-ring (bicyclic) bond motifs is 2. The van der Waals surface area contributed by atoms with Gasteiger partial charge in [0.05, 0.1) is 18.3 Å². The van der Waals surface area contributed by atoms with Crippen LogP contribution in [0.25, 0.3) is 0 Å². The van der Waals surface area contributed by atoms with E-state index in [2.05, 4.69) is 25.1 Å². The van der Waals surface area contributed by atoms with E-state index in [1.807, 2.05) is 0 Å². The van der Waals surface area contributed by atoms with Crippen molar-refractivity contribution in [2.24, 2.45) is 11.8 Å². The first-order valence-corrected chi connectivity index (χ1v) is 4.57. The van der Waals surface area contributed by atoms with E-state index >= 15 is 0 Å². The third-order valence-electron chi connectivity index (χ3n) is 3.00. The molecule has 0 aliphatic carbocycles. The molecule has 2 rings (SSSR count). The van der Waals surface area contributed by atoms with Gasteiger partial charge in [0.25, 0.3) is 0 Å². The summed E-state index contributed by atoms with van der Waals surface area (Å²) in [5.74, 6) is 1.04. The molecule has 0 saturated carbocycles. The van der Waals surface area contributed by atoms with Gasteiger partial charge in [0, 0.05) is 12.3 Å². The van der Waals surface area contributed by atoms with Gasteiger partial charge >= 0.3 is 0 Å². The van der Waals surface area contributed by atoms with E-state index in [-0.39, 0.29) is 6.10 Å². The highest BCUT2D eigenvalue weighted by Crippen LogP contribution is 2.42. The summed E-state index contributed by atoms with van der Waals surface area (Å²) >= 11 is 0. The second-order valence-electron chi connectivity index (χ2n) is 3.55. The summed E-state index contributed by atoms with van der Waals surface area (Å²) in [6.07, 6.45) is 6.56. The number of hydrogen-bond donors (Lipinski definition) is 0. The third-order valence-corrected chi connectivity index (χ3v) is 3.00. The highest BCUT2D eigenvalue weighted by molar-refractivity contribution is 5.15.